The van der Waals surface area contributed by atoms with Crippen LogP contribution in [0.5, 0.6) is 5.75 Å². The monoisotopic (exact) mass is 263 g/mol. The lowest BCUT2D eigenvalue weighted by Gasteiger charge is -2.36. The van der Waals surface area contributed by atoms with Crippen LogP contribution in [0.4, 0.5) is 10.5 Å². The number of nitriles is 1. The van der Waals surface area contributed by atoms with Crippen LogP contribution < -0.4 is 4.74 Å². The maximum atomic E-state index is 10.6. The van der Waals surface area contributed by atoms with Gasteiger partial charge in [-0.3, -0.25) is 10.1 Å². The number of amides is 1. The summed E-state index contributed by atoms with van der Waals surface area (Å²) in [6.45, 7) is 0.439. The zero-order valence-corrected chi connectivity index (χ0v) is 9.65. The summed E-state index contributed by atoms with van der Waals surface area (Å²) >= 11 is 0. The second kappa shape index (κ2) is 4.81. The van der Waals surface area contributed by atoms with E-state index in [0.717, 1.165) is 6.07 Å². The smallest absolute Gasteiger partial charge is 0.407 e. The Hall–Kier alpha value is -2.82. The Kier molecular flexibility index (Phi) is 3.20. The molecule has 2 rings (SSSR count). The molecule has 0 unspecified atom stereocenters. The molecule has 1 saturated heterocycles. The molecule has 1 amide bonds. The number of carboxylic acid groups (broad SMARTS) is 1. The van der Waals surface area contributed by atoms with Crippen molar-refractivity contribution in [3.63, 3.8) is 0 Å². The average Bonchev–Trinajstić information content (AvgIpc) is 2.32. The standard InChI is InChI=1S/C11H9N3O5/c12-4-7-3-8(14(17)18)1-2-10(7)19-9-5-13(6-9)11(15)16/h1-3,9H,5-6H2,(H,15,16). The number of carbonyl (C=O) groups is 1. The number of benzene rings is 1. The fraction of sp³-hybridized carbons (Fsp3) is 0.273. The summed E-state index contributed by atoms with van der Waals surface area (Å²) in [5.41, 5.74) is -0.132. The van der Waals surface area contributed by atoms with Crippen molar-refractivity contribution in [2.24, 2.45) is 0 Å². The molecule has 0 aliphatic carbocycles. The van der Waals surface area contributed by atoms with E-state index in [0.29, 0.717) is 0 Å². The molecule has 1 heterocycles. The van der Waals surface area contributed by atoms with Crippen molar-refractivity contribution in [3.05, 3.63) is 33.9 Å². The number of nitrogens with zero attached hydrogens (tertiary/aromatic N) is 3. The van der Waals surface area contributed by atoms with E-state index in [2.05, 4.69) is 0 Å². The van der Waals surface area contributed by atoms with Gasteiger partial charge >= 0.3 is 6.09 Å². The van der Waals surface area contributed by atoms with Crippen molar-refractivity contribution in [1.82, 2.24) is 4.90 Å². The van der Waals surface area contributed by atoms with E-state index in [4.69, 9.17) is 15.1 Å². The number of nitro benzene ring substituents is 1. The summed E-state index contributed by atoms with van der Waals surface area (Å²) in [7, 11) is 0. The Morgan fingerprint density at radius 3 is 2.79 bits per heavy atom. The third-order valence-electron chi connectivity index (χ3n) is 2.71. The molecule has 8 nitrogen and oxygen atoms in total. The first-order chi connectivity index (χ1) is 9.01. The lowest BCUT2D eigenvalue weighted by Crippen LogP contribution is -2.55. The Morgan fingerprint density at radius 1 is 1.58 bits per heavy atom. The number of ether oxygens (including phenoxy) is 1. The Balaban J connectivity index is 2.08. The fourth-order valence-corrected chi connectivity index (χ4v) is 1.67. The van der Waals surface area contributed by atoms with E-state index >= 15 is 0 Å². The van der Waals surface area contributed by atoms with Gasteiger partial charge in [-0.15, -0.1) is 0 Å². The second-order valence-electron chi connectivity index (χ2n) is 3.98. The molecule has 0 atom stereocenters. The van der Waals surface area contributed by atoms with Crippen molar-refractivity contribution >= 4 is 11.8 Å². The molecular weight excluding hydrogens is 254 g/mol. The summed E-state index contributed by atoms with van der Waals surface area (Å²) < 4.78 is 5.44. The van der Waals surface area contributed by atoms with E-state index in [1.165, 1.54) is 17.0 Å². The molecular formula is C11H9N3O5. The van der Waals surface area contributed by atoms with Crippen LogP contribution in [-0.2, 0) is 0 Å². The van der Waals surface area contributed by atoms with Gasteiger partial charge in [0.1, 0.15) is 23.5 Å². The van der Waals surface area contributed by atoms with Crippen molar-refractivity contribution in [1.29, 1.82) is 5.26 Å². The van der Waals surface area contributed by atoms with Gasteiger partial charge in [-0.1, -0.05) is 0 Å². The molecule has 1 fully saturated rings. The number of nitro groups is 1. The Morgan fingerprint density at radius 2 is 2.26 bits per heavy atom. The molecule has 0 radical (unpaired) electrons. The highest BCUT2D eigenvalue weighted by atomic mass is 16.6. The van der Waals surface area contributed by atoms with Crippen molar-refractivity contribution in [3.8, 4) is 11.8 Å². The third-order valence-corrected chi connectivity index (χ3v) is 2.71. The first kappa shape index (κ1) is 12.6. The molecule has 8 heteroatoms. The Bertz CT molecular complexity index is 574. The summed E-state index contributed by atoms with van der Waals surface area (Å²) in [5, 5.41) is 28.1. The average molecular weight is 263 g/mol. The van der Waals surface area contributed by atoms with Crippen molar-refractivity contribution in [2.45, 2.75) is 6.10 Å². The van der Waals surface area contributed by atoms with E-state index in [9.17, 15) is 14.9 Å². The lowest BCUT2D eigenvalue weighted by atomic mass is 10.1. The van der Waals surface area contributed by atoms with Crippen LogP contribution in [0.3, 0.4) is 0 Å². The minimum absolute atomic E-state index is 0.0583. The van der Waals surface area contributed by atoms with Crippen molar-refractivity contribution in [2.75, 3.05) is 13.1 Å². The maximum Gasteiger partial charge on any atom is 0.407 e. The zero-order valence-electron chi connectivity index (χ0n) is 9.65. The number of likely N-dealkylation sites (tertiary alicyclic amines) is 1. The van der Waals surface area contributed by atoms with Crippen LogP contribution in [0.1, 0.15) is 5.56 Å². The first-order valence-electron chi connectivity index (χ1n) is 5.34. The minimum atomic E-state index is -1.02. The maximum absolute atomic E-state index is 10.6. The summed E-state index contributed by atoms with van der Waals surface area (Å²) in [6.07, 6.45) is -1.35. The Labute approximate surface area is 107 Å². The molecule has 1 aromatic carbocycles. The minimum Gasteiger partial charge on any atom is -0.485 e. The highest BCUT2D eigenvalue weighted by molar-refractivity contribution is 5.66. The molecule has 1 aliphatic heterocycles. The van der Waals surface area contributed by atoms with Crippen LogP contribution in [0, 0.1) is 21.4 Å². The van der Waals surface area contributed by atoms with E-state index in [-0.39, 0.29) is 36.2 Å². The molecule has 1 aliphatic rings. The van der Waals surface area contributed by atoms with Gasteiger partial charge < -0.3 is 14.7 Å². The van der Waals surface area contributed by atoms with Gasteiger partial charge in [-0.05, 0) is 6.07 Å². The molecule has 1 N–H and O–H groups in total. The lowest BCUT2D eigenvalue weighted by molar-refractivity contribution is -0.384. The third kappa shape index (κ3) is 2.55. The molecule has 0 aromatic heterocycles. The zero-order chi connectivity index (χ0) is 14.0. The van der Waals surface area contributed by atoms with Gasteiger partial charge in [0.25, 0.3) is 5.69 Å². The highest BCUT2D eigenvalue weighted by Crippen LogP contribution is 2.26. The molecule has 0 saturated carbocycles. The largest absolute Gasteiger partial charge is 0.485 e. The summed E-state index contributed by atoms with van der Waals surface area (Å²) in [6, 6.07) is 5.53. The molecule has 98 valence electrons. The molecule has 1 aromatic rings. The predicted molar refractivity (Wildman–Crippen MR) is 61.8 cm³/mol. The predicted octanol–water partition coefficient (Wildman–Crippen LogP) is 1.21. The van der Waals surface area contributed by atoms with Crippen molar-refractivity contribution < 1.29 is 19.6 Å². The molecule has 0 spiro atoms. The van der Waals surface area contributed by atoms with E-state index < -0.39 is 11.0 Å². The number of rotatable bonds is 3. The van der Waals surface area contributed by atoms with Gasteiger partial charge in [-0.25, -0.2) is 4.79 Å². The quantitative estimate of drug-likeness (QED) is 0.647. The van der Waals surface area contributed by atoms with Crippen LogP contribution in [0.15, 0.2) is 18.2 Å². The van der Waals surface area contributed by atoms with Crippen LogP contribution in [-0.4, -0.2) is 40.2 Å². The number of hydrogen-bond donors (Lipinski definition) is 1. The van der Waals surface area contributed by atoms with E-state index in [1.807, 2.05) is 6.07 Å². The number of non-ortho nitro benzene ring substituents is 1. The van der Waals surface area contributed by atoms with Gasteiger partial charge in [0.05, 0.1) is 18.0 Å². The molecule has 0 bridgehead atoms. The van der Waals surface area contributed by atoms with E-state index in [1.54, 1.807) is 0 Å². The fourth-order valence-electron chi connectivity index (χ4n) is 1.67. The normalized spacial score (nSPS) is 14.4. The van der Waals surface area contributed by atoms with Gasteiger partial charge in [-0.2, -0.15) is 5.26 Å². The van der Waals surface area contributed by atoms with Crippen LogP contribution >= 0.6 is 0 Å². The number of hydrogen-bond acceptors (Lipinski definition) is 5. The topological polar surface area (TPSA) is 117 Å². The summed E-state index contributed by atoms with van der Waals surface area (Å²) in [4.78, 5) is 21.7. The summed E-state index contributed by atoms with van der Waals surface area (Å²) in [5.74, 6) is 0.225. The van der Waals surface area contributed by atoms with Gasteiger partial charge in [0.15, 0.2) is 0 Å². The van der Waals surface area contributed by atoms with Gasteiger partial charge in [0.2, 0.25) is 0 Å². The second-order valence-corrected chi connectivity index (χ2v) is 3.98. The first-order valence-corrected chi connectivity index (χ1v) is 5.34. The molecule has 19 heavy (non-hydrogen) atoms. The van der Waals surface area contributed by atoms with Gasteiger partial charge in [0, 0.05) is 12.1 Å². The van der Waals surface area contributed by atoms with Crippen LogP contribution in [0.2, 0.25) is 0 Å². The van der Waals surface area contributed by atoms with Crippen LogP contribution in [0.25, 0.3) is 0 Å². The highest BCUT2D eigenvalue weighted by Gasteiger charge is 2.32. The SMILES string of the molecule is N#Cc1cc([N+](=O)[O-])ccc1OC1CN(C(=O)O)C1.